The number of halogens is 2. The summed E-state index contributed by atoms with van der Waals surface area (Å²) >= 11 is 1.21. The predicted molar refractivity (Wildman–Crippen MR) is 96.7 cm³/mol. The monoisotopic (exact) mass is 391 g/mol. The van der Waals surface area contributed by atoms with Gasteiger partial charge in [0.2, 0.25) is 5.13 Å². The highest BCUT2D eigenvalue weighted by molar-refractivity contribution is 7.18. The highest BCUT2D eigenvalue weighted by Crippen LogP contribution is 2.24. The number of hydrogen-bond donors (Lipinski definition) is 1. The topological polar surface area (TPSA) is 80.2 Å². The summed E-state index contributed by atoms with van der Waals surface area (Å²) in [5, 5.41) is 11.6. The second kappa shape index (κ2) is 8.49. The second-order valence-electron chi connectivity index (χ2n) is 5.44. The quantitative estimate of drug-likeness (QED) is 0.690. The molecule has 1 aromatic carbocycles. The zero-order valence-corrected chi connectivity index (χ0v) is 15.0. The van der Waals surface area contributed by atoms with E-state index in [2.05, 4.69) is 25.2 Å². The average Bonchev–Trinajstić information content (AvgIpc) is 3.12. The summed E-state index contributed by atoms with van der Waals surface area (Å²) in [7, 11) is 1.61. The first-order valence-corrected chi connectivity index (χ1v) is 8.63. The van der Waals surface area contributed by atoms with Gasteiger partial charge in [0.05, 0.1) is 0 Å². The molecular weight excluding hydrogens is 376 g/mol. The lowest BCUT2D eigenvalue weighted by Crippen LogP contribution is -2.30. The molecule has 0 radical (unpaired) electrons. The van der Waals surface area contributed by atoms with E-state index in [1.54, 1.807) is 37.5 Å². The predicted octanol–water partition coefficient (Wildman–Crippen LogP) is 3.87. The number of carbonyl (C=O) groups excluding carboxylic acids is 1. The molecule has 0 fully saturated rings. The average molecular weight is 391 g/mol. The van der Waals surface area contributed by atoms with Gasteiger partial charge >= 0.3 is 12.6 Å². The first-order valence-electron chi connectivity index (χ1n) is 7.82. The summed E-state index contributed by atoms with van der Waals surface area (Å²) in [6.45, 7) is -2.58. The molecule has 3 rings (SSSR count). The van der Waals surface area contributed by atoms with Gasteiger partial charge in [-0.2, -0.15) is 8.78 Å². The van der Waals surface area contributed by atoms with E-state index in [1.807, 2.05) is 6.07 Å². The highest BCUT2D eigenvalue weighted by atomic mass is 32.1. The van der Waals surface area contributed by atoms with Gasteiger partial charge in [-0.1, -0.05) is 29.5 Å². The van der Waals surface area contributed by atoms with Crippen molar-refractivity contribution in [2.75, 3.05) is 12.4 Å². The maximum Gasteiger partial charge on any atom is 0.387 e. The summed E-state index contributed by atoms with van der Waals surface area (Å²) in [6.07, 6.45) is 1.65. The van der Waals surface area contributed by atoms with Gasteiger partial charge in [-0.05, 0) is 29.8 Å². The maximum atomic E-state index is 12.3. The third-order valence-electron chi connectivity index (χ3n) is 3.44. The molecule has 2 amide bonds. The van der Waals surface area contributed by atoms with Gasteiger partial charge < -0.3 is 9.64 Å². The van der Waals surface area contributed by atoms with Crippen LogP contribution in [0.25, 0.3) is 10.7 Å². The zero-order chi connectivity index (χ0) is 19.2. The first kappa shape index (κ1) is 18.6. The molecule has 10 heteroatoms. The smallest absolute Gasteiger partial charge is 0.387 e. The number of anilines is 1. The Balaban J connectivity index is 1.57. The Hall–Kier alpha value is -3.14. The van der Waals surface area contributed by atoms with Gasteiger partial charge in [-0.3, -0.25) is 10.3 Å². The first-order chi connectivity index (χ1) is 13.0. The van der Waals surface area contributed by atoms with Gasteiger partial charge in [-0.25, -0.2) is 4.79 Å². The molecule has 0 atom stereocenters. The van der Waals surface area contributed by atoms with Crippen LogP contribution in [0, 0.1) is 0 Å². The lowest BCUT2D eigenvalue weighted by atomic mass is 10.2. The number of benzene rings is 1. The van der Waals surface area contributed by atoms with E-state index < -0.39 is 6.61 Å². The van der Waals surface area contributed by atoms with Gasteiger partial charge in [0.25, 0.3) is 0 Å². The number of urea groups is 1. The van der Waals surface area contributed by atoms with Crippen LogP contribution in [0.15, 0.2) is 48.7 Å². The molecule has 2 heterocycles. The molecule has 140 valence electrons. The van der Waals surface area contributed by atoms with Crippen LogP contribution in [0.2, 0.25) is 0 Å². The van der Waals surface area contributed by atoms with E-state index in [-0.39, 0.29) is 18.3 Å². The summed E-state index contributed by atoms with van der Waals surface area (Å²) in [4.78, 5) is 17.9. The van der Waals surface area contributed by atoms with E-state index in [9.17, 15) is 13.6 Å². The number of nitrogens with zero attached hydrogens (tertiary/aromatic N) is 4. The molecule has 0 aliphatic carbocycles. The van der Waals surface area contributed by atoms with Crippen molar-refractivity contribution in [1.82, 2.24) is 20.1 Å². The van der Waals surface area contributed by atoms with Crippen molar-refractivity contribution in [2.45, 2.75) is 13.2 Å². The molecule has 0 saturated carbocycles. The number of carbonyl (C=O) groups is 1. The number of nitrogens with one attached hydrogen (secondary N) is 1. The van der Waals surface area contributed by atoms with E-state index >= 15 is 0 Å². The number of aromatic nitrogens is 3. The molecule has 0 aliphatic heterocycles. The van der Waals surface area contributed by atoms with Gasteiger partial charge in [0.15, 0.2) is 5.01 Å². The molecule has 0 spiro atoms. The summed E-state index contributed by atoms with van der Waals surface area (Å²) in [6, 6.07) is 11.2. The van der Waals surface area contributed by atoms with E-state index in [0.29, 0.717) is 15.8 Å². The fraction of sp³-hybridized carbons (Fsp3) is 0.176. The van der Waals surface area contributed by atoms with Crippen molar-refractivity contribution in [1.29, 1.82) is 0 Å². The summed E-state index contributed by atoms with van der Waals surface area (Å²) in [5.41, 5.74) is 1.44. The summed E-state index contributed by atoms with van der Waals surface area (Å²) in [5.74, 6) is 0.0664. The van der Waals surface area contributed by atoms with Crippen LogP contribution in [-0.4, -0.2) is 39.8 Å². The Morgan fingerprint density at radius 2 is 2.00 bits per heavy atom. The normalized spacial score (nSPS) is 10.7. The minimum Gasteiger partial charge on any atom is -0.435 e. The van der Waals surface area contributed by atoms with Crippen LogP contribution < -0.4 is 10.1 Å². The van der Waals surface area contributed by atoms with Crippen molar-refractivity contribution < 1.29 is 18.3 Å². The van der Waals surface area contributed by atoms with Crippen molar-refractivity contribution >= 4 is 22.5 Å². The minimum absolute atomic E-state index is 0.0664. The lowest BCUT2D eigenvalue weighted by Gasteiger charge is -2.17. The van der Waals surface area contributed by atoms with E-state index in [4.69, 9.17) is 0 Å². The van der Waals surface area contributed by atoms with Crippen LogP contribution in [0.4, 0.5) is 18.7 Å². The molecule has 0 saturated heterocycles. The number of amides is 2. The Bertz CT molecular complexity index is 890. The second-order valence-corrected chi connectivity index (χ2v) is 6.41. The Labute approximate surface area is 157 Å². The Morgan fingerprint density at radius 1 is 1.22 bits per heavy atom. The van der Waals surface area contributed by atoms with E-state index in [0.717, 1.165) is 5.56 Å². The van der Waals surface area contributed by atoms with Crippen molar-refractivity contribution in [2.24, 2.45) is 0 Å². The summed E-state index contributed by atoms with van der Waals surface area (Å²) < 4.78 is 28.6. The molecule has 2 aromatic heterocycles. The lowest BCUT2D eigenvalue weighted by molar-refractivity contribution is -0.0498. The van der Waals surface area contributed by atoms with Crippen LogP contribution in [0.1, 0.15) is 5.56 Å². The Morgan fingerprint density at radius 3 is 2.67 bits per heavy atom. The fourth-order valence-electron chi connectivity index (χ4n) is 2.18. The molecule has 0 unspecified atom stereocenters. The SMILES string of the molecule is CN(Cc1ccc(OC(F)F)cc1)C(=O)Nc1nnc(-c2ccccn2)s1. The van der Waals surface area contributed by atoms with Crippen LogP contribution in [0.3, 0.4) is 0 Å². The molecule has 7 nitrogen and oxygen atoms in total. The van der Waals surface area contributed by atoms with Crippen LogP contribution in [-0.2, 0) is 6.54 Å². The molecule has 0 bridgehead atoms. The Kier molecular flexibility index (Phi) is 5.87. The number of alkyl halides is 2. The third kappa shape index (κ3) is 5.17. The standard InChI is InChI=1S/C17H15F2N5O2S/c1-24(10-11-5-7-12(8-6-11)26-15(18)19)17(25)21-16-23-22-14(27-16)13-4-2-3-9-20-13/h2-9,15H,10H2,1H3,(H,21,23,25). The van der Waals surface area contributed by atoms with E-state index in [1.165, 1.54) is 28.4 Å². The molecule has 1 N–H and O–H groups in total. The van der Waals surface area contributed by atoms with Crippen LogP contribution >= 0.6 is 11.3 Å². The maximum absolute atomic E-state index is 12.3. The highest BCUT2D eigenvalue weighted by Gasteiger charge is 2.14. The minimum atomic E-state index is -2.87. The largest absolute Gasteiger partial charge is 0.435 e. The fourth-order valence-corrected chi connectivity index (χ4v) is 2.89. The van der Waals surface area contributed by atoms with Gasteiger partial charge in [-0.15, -0.1) is 10.2 Å². The molecular formula is C17H15F2N5O2S. The zero-order valence-electron chi connectivity index (χ0n) is 14.2. The number of rotatable bonds is 6. The number of ether oxygens (including phenoxy) is 1. The number of hydrogen-bond acceptors (Lipinski definition) is 6. The van der Waals surface area contributed by atoms with Crippen molar-refractivity contribution in [3.8, 4) is 16.5 Å². The van der Waals surface area contributed by atoms with Gasteiger partial charge in [0, 0.05) is 19.8 Å². The number of pyridine rings is 1. The van der Waals surface area contributed by atoms with Crippen molar-refractivity contribution in [3.63, 3.8) is 0 Å². The third-order valence-corrected chi connectivity index (χ3v) is 4.30. The van der Waals surface area contributed by atoms with Crippen LogP contribution in [0.5, 0.6) is 5.75 Å². The molecule has 0 aliphatic rings. The molecule has 3 aromatic rings. The molecule has 27 heavy (non-hydrogen) atoms. The van der Waals surface area contributed by atoms with Crippen molar-refractivity contribution in [3.05, 3.63) is 54.2 Å². The van der Waals surface area contributed by atoms with Gasteiger partial charge in [0.1, 0.15) is 11.4 Å².